The Kier molecular flexibility index (Phi) is 7.16. The minimum Gasteiger partial charge on any atom is -0.461 e. The second-order valence-electron chi connectivity index (χ2n) is 11.0. The predicted octanol–water partition coefficient (Wildman–Crippen LogP) is 3.14. The molecule has 2 aliphatic rings. The van der Waals surface area contributed by atoms with E-state index in [2.05, 4.69) is 49.8 Å². The first kappa shape index (κ1) is 26.9. The number of nitrogens with one attached hydrogen (secondary N) is 3. The summed E-state index contributed by atoms with van der Waals surface area (Å²) < 4.78 is 22.1. The number of aromatic nitrogens is 4. The second-order valence-corrected chi connectivity index (χ2v) is 11.0. The molecule has 214 valence electrons. The van der Waals surface area contributed by atoms with E-state index in [1.807, 2.05) is 6.07 Å². The van der Waals surface area contributed by atoms with Gasteiger partial charge < -0.3 is 25.6 Å². The number of benzene rings is 2. The monoisotopic (exact) mass is 560 g/mol. The molecular weight excluding hydrogens is 527 g/mol. The summed E-state index contributed by atoms with van der Waals surface area (Å²) in [7, 11) is 1.72. The number of piperidine rings is 1. The topological polar surface area (TPSA) is 126 Å². The van der Waals surface area contributed by atoms with E-state index in [0.29, 0.717) is 34.0 Å². The molecule has 0 aliphatic carbocycles. The zero-order valence-corrected chi connectivity index (χ0v) is 23.3. The van der Waals surface area contributed by atoms with Crippen LogP contribution >= 0.6 is 0 Å². The van der Waals surface area contributed by atoms with Crippen molar-refractivity contribution in [2.75, 3.05) is 29.9 Å². The van der Waals surface area contributed by atoms with Crippen LogP contribution in [0, 0.1) is 5.82 Å². The molecular formula is C29H33FN8O3. The molecule has 2 amide bonds. The Balaban J connectivity index is 1.34. The van der Waals surface area contributed by atoms with Gasteiger partial charge in [0.15, 0.2) is 5.82 Å². The fourth-order valence-electron chi connectivity index (χ4n) is 5.81. The number of amides is 2. The first-order chi connectivity index (χ1) is 19.7. The Morgan fingerprint density at radius 1 is 1.20 bits per heavy atom. The Bertz CT molecular complexity index is 1630. The van der Waals surface area contributed by atoms with Gasteiger partial charge in [0, 0.05) is 73.2 Å². The third-order valence-electron chi connectivity index (χ3n) is 7.52. The molecule has 0 saturated carbocycles. The summed E-state index contributed by atoms with van der Waals surface area (Å²) in [6, 6.07) is 7.15. The number of aryl methyl sites for hydroxylation is 1. The Hall–Kier alpha value is -4.32. The fraction of sp³-hybridized carbons (Fsp3) is 0.414. The molecule has 4 aromatic rings. The van der Waals surface area contributed by atoms with Crippen LogP contribution in [0.2, 0.25) is 0 Å². The first-order valence-corrected chi connectivity index (χ1v) is 13.9. The van der Waals surface area contributed by atoms with Crippen molar-refractivity contribution in [3.63, 3.8) is 0 Å². The third-order valence-corrected chi connectivity index (χ3v) is 7.52. The largest absolute Gasteiger partial charge is 0.461 e. The van der Waals surface area contributed by atoms with Crippen LogP contribution in [0.5, 0.6) is 6.01 Å². The van der Waals surface area contributed by atoms with Gasteiger partial charge >= 0.3 is 6.01 Å². The van der Waals surface area contributed by atoms with Gasteiger partial charge in [-0.15, -0.1) is 0 Å². The molecule has 12 heteroatoms. The lowest BCUT2D eigenvalue weighted by Gasteiger charge is -2.38. The number of hydrogen-bond acceptors (Lipinski definition) is 8. The van der Waals surface area contributed by atoms with Crippen molar-refractivity contribution in [1.82, 2.24) is 30.4 Å². The summed E-state index contributed by atoms with van der Waals surface area (Å²) in [4.78, 5) is 36.8. The maximum Gasteiger partial charge on any atom is 0.317 e. The lowest BCUT2D eigenvalue weighted by atomic mass is 10.0. The number of hydrogen-bond donors (Lipinski definition) is 3. The van der Waals surface area contributed by atoms with Crippen molar-refractivity contribution in [3.05, 3.63) is 48.0 Å². The van der Waals surface area contributed by atoms with Crippen LogP contribution in [0.25, 0.3) is 21.8 Å². The van der Waals surface area contributed by atoms with Gasteiger partial charge in [-0.2, -0.15) is 10.1 Å². The highest BCUT2D eigenvalue weighted by molar-refractivity contribution is 6.14. The van der Waals surface area contributed by atoms with E-state index in [0.717, 1.165) is 31.6 Å². The molecule has 2 fully saturated rings. The van der Waals surface area contributed by atoms with Gasteiger partial charge in [0.1, 0.15) is 12.1 Å². The van der Waals surface area contributed by atoms with Gasteiger partial charge in [0.25, 0.3) is 5.91 Å². The highest BCUT2D eigenvalue weighted by atomic mass is 19.1. The summed E-state index contributed by atoms with van der Waals surface area (Å²) in [5, 5.41) is 14.7. The average Bonchev–Trinajstić information content (AvgIpc) is 3.31. The van der Waals surface area contributed by atoms with Gasteiger partial charge in [-0.1, -0.05) is 0 Å². The minimum absolute atomic E-state index is 0.00765. The molecule has 2 saturated heterocycles. The summed E-state index contributed by atoms with van der Waals surface area (Å²) in [6.07, 6.45) is 5.51. The smallest absolute Gasteiger partial charge is 0.317 e. The molecule has 0 radical (unpaired) electrons. The van der Waals surface area contributed by atoms with Crippen LogP contribution in [0.3, 0.4) is 0 Å². The molecule has 4 heterocycles. The van der Waals surface area contributed by atoms with E-state index in [9.17, 15) is 14.0 Å². The highest BCUT2D eigenvalue weighted by Crippen LogP contribution is 2.31. The van der Waals surface area contributed by atoms with Crippen molar-refractivity contribution in [2.45, 2.75) is 51.2 Å². The molecule has 2 aromatic carbocycles. The molecule has 3 N–H and O–H groups in total. The number of ether oxygens (including phenoxy) is 1. The number of fused-ring (bicyclic) bond motifs is 2. The quantitative estimate of drug-likeness (QED) is 0.328. The number of rotatable bonds is 6. The van der Waals surface area contributed by atoms with Crippen molar-refractivity contribution in [1.29, 1.82) is 0 Å². The van der Waals surface area contributed by atoms with Gasteiger partial charge in [-0.25, -0.2) is 9.37 Å². The van der Waals surface area contributed by atoms with Crippen LogP contribution in [0.4, 0.5) is 15.8 Å². The minimum atomic E-state index is -0.520. The summed E-state index contributed by atoms with van der Waals surface area (Å²) in [5.41, 5.74) is 2.21. The maximum atomic E-state index is 14.7. The van der Waals surface area contributed by atoms with Crippen molar-refractivity contribution in [2.24, 2.45) is 7.05 Å². The molecule has 0 spiro atoms. The zero-order valence-electron chi connectivity index (χ0n) is 23.3. The van der Waals surface area contributed by atoms with E-state index in [-0.39, 0.29) is 42.2 Å². The number of carbonyl (C=O) groups excluding carboxylic acids is 2. The van der Waals surface area contributed by atoms with Crippen LogP contribution in [-0.2, 0) is 11.8 Å². The van der Waals surface area contributed by atoms with Gasteiger partial charge in [-0.05, 0) is 51.0 Å². The molecule has 2 aromatic heterocycles. The Morgan fingerprint density at radius 2 is 2.00 bits per heavy atom. The van der Waals surface area contributed by atoms with E-state index in [1.54, 1.807) is 31.6 Å². The average molecular weight is 561 g/mol. The standard InChI is InChI=1S/C29H33FN8O3/c1-16-12-38(13-17(2)32-16)24-8-7-21(28(40)34-20-9-18-14-37(3)36-26(18)23(30)10-20)27-22(24)11-31-29(35-27)41-15-19-5-4-6-25(39)33-19/h7-11,14,16-17,19,32H,4-6,12-13,15H2,1-3H3,(H,33,39)(H,34,40). The number of piperazine rings is 1. The number of carbonyl (C=O) groups is 2. The SMILES string of the molecule is CC1CN(c2ccc(C(=O)Nc3cc(F)c4nn(C)cc4c3)c3nc(OCC4CCCC(=O)N4)ncc23)CC(C)N1. The lowest BCUT2D eigenvalue weighted by Crippen LogP contribution is -2.54. The molecule has 6 rings (SSSR count). The Morgan fingerprint density at radius 3 is 2.78 bits per heavy atom. The number of nitrogens with zero attached hydrogens (tertiary/aromatic N) is 5. The number of halogens is 1. The van der Waals surface area contributed by atoms with Crippen LogP contribution in [-0.4, -0.2) is 69.4 Å². The molecule has 0 bridgehead atoms. The maximum absolute atomic E-state index is 14.7. The van der Waals surface area contributed by atoms with E-state index < -0.39 is 11.7 Å². The normalized spacial score (nSPS) is 21.2. The zero-order chi connectivity index (χ0) is 28.7. The third kappa shape index (κ3) is 5.64. The Labute approximate surface area is 236 Å². The van der Waals surface area contributed by atoms with Gasteiger partial charge in [0.2, 0.25) is 5.91 Å². The molecule has 2 aliphatic heterocycles. The van der Waals surface area contributed by atoms with Gasteiger partial charge in [0.05, 0.1) is 17.1 Å². The highest BCUT2D eigenvalue weighted by Gasteiger charge is 2.25. The molecule has 11 nitrogen and oxygen atoms in total. The van der Waals surface area contributed by atoms with E-state index in [1.165, 1.54) is 10.7 Å². The van der Waals surface area contributed by atoms with Crippen LogP contribution < -0.4 is 25.6 Å². The molecule has 3 unspecified atom stereocenters. The van der Waals surface area contributed by atoms with Gasteiger partial charge in [-0.3, -0.25) is 14.3 Å². The van der Waals surface area contributed by atoms with Crippen molar-refractivity contribution in [3.8, 4) is 6.01 Å². The first-order valence-electron chi connectivity index (χ1n) is 13.9. The molecule has 3 atom stereocenters. The fourth-order valence-corrected chi connectivity index (χ4v) is 5.81. The van der Waals surface area contributed by atoms with Crippen molar-refractivity contribution >= 4 is 45.0 Å². The van der Waals surface area contributed by atoms with E-state index in [4.69, 9.17) is 4.74 Å². The predicted molar refractivity (Wildman–Crippen MR) is 154 cm³/mol. The summed E-state index contributed by atoms with van der Waals surface area (Å²) in [5.74, 6) is -0.947. The summed E-state index contributed by atoms with van der Waals surface area (Å²) in [6.45, 7) is 6.08. The van der Waals surface area contributed by atoms with E-state index >= 15 is 0 Å². The number of anilines is 2. The van der Waals surface area contributed by atoms with Crippen molar-refractivity contribution < 1.29 is 18.7 Å². The lowest BCUT2D eigenvalue weighted by molar-refractivity contribution is -0.123. The molecule has 41 heavy (non-hydrogen) atoms. The van der Waals surface area contributed by atoms with Crippen LogP contribution in [0.15, 0.2) is 36.7 Å². The second kappa shape index (κ2) is 10.9. The van der Waals surface area contributed by atoms with Crippen LogP contribution in [0.1, 0.15) is 43.5 Å². The summed E-state index contributed by atoms with van der Waals surface area (Å²) >= 11 is 0.